The average molecular weight is 263 g/mol. The van der Waals surface area contributed by atoms with E-state index in [1.165, 1.54) is 0 Å². The second-order valence-corrected chi connectivity index (χ2v) is 4.96. The van der Waals surface area contributed by atoms with Crippen molar-refractivity contribution in [3.05, 3.63) is 23.4 Å². The molecule has 4 nitrogen and oxygen atoms in total. The van der Waals surface area contributed by atoms with Crippen LogP contribution in [-0.2, 0) is 0 Å². The monoisotopic (exact) mass is 263 g/mol. The molecule has 19 heavy (non-hydrogen) atoms. The fourth-order valence-electron chi connectivity index (χ4n) is 1.73. The van der Waals surface area contributed by atoms with Crippen LogP contribution in [-0.4, -0.2) is 24.0 Å². The predicted octanol–water partition coefficient (Wildman–Crippen LogP) is 3.17. The van der Waals surface area contributed by atoms with Crippen molar-refractivity contribution in [1.29, 1.82) is 0 Å². The standard InChI is InChI=1S/C15H25N3O/c1-5-7-8-17-15(19)12-9-13(11(3)4)18-14(10-12)16-6-2/h9-11H,5-8H2,1-4H3,(H,16,18)(H,17,19). The Hall–Kier alpha value is -1.58. The Morgan fingerprint density at radius 2 is 2.05 bits per heavy atom. The molecule has 2 N–H and O–H groups in total. The van der Waals surface area contributed by atoms with Crippen molar-refractivity contribution in [2.24, 2.45) is 0 Å². The van der Waals surface area contributed by atoms with Crippen molar-refractivity contribution in [3.63, 3.8) is 0 Å². The summed E-state index contributed by atoms with van der Waals surface area (Å²) in [6, 6.07) is 3.70. The van der Waals surface area contributed by atoms with Gasteiger partial charge in [-0.3, -0.25) is 4.79 Å². The second-order valence-electron chi connectivity index (χ2n) is 4.96. The Bertz CT molecular complexity index is 416. The first kappa shape index (κ1) is 15.5. The smallest absolute Gasteiger partial charge is 0.251 e. The van der Waals surface area contributed by atoms with Crippen LogP contribution in [0.4, 0.5) is 5.82 Å². The van der Waals surface area contributed by atoms with Gasteiger partial charge in [-0.15, -0.1) is 0 Å². The molecule has 0 radical (unpaired) electrons. The quantitative estimate of drug-likeness (QED) is 0.743. The number of aromatic nitrogens is 1. The van der Waals surface area contributed by atoms with Crippen LogP contribution >= 0.6 is 0 Å². The summed E-state index contributed by atoms with van der Waals surface area (Å²) in [4.78, 5) is 16.6. The van der Waals surface area contributed by atoms with E-state index in [9.17, 15) is 4.79 Å². The lowest BCUT2D eigenvalue weighted by Crippen LogP contribution is -2.24. The molecule has 0 saturated heterocycles. The minimum Gasteiger partial charge on any atom is -0.370 e. The topological polar surface area (TPSA) is 54.0 Å². The number of nitrogens with one attached hydrogen (secondary N) is 2. The van der Waals surface area contributed by atoms with Crippen LogP contribution < -0.4 is 10.6 Å². The van der Waals surface area contributed by atoms with Crippen LogP contribution in [0.3, 0.4) is 0 Å². The van der Waals surface area contributed by atoms with Crippen molar-refractivity contribution in [2.45, 2.75) is 46.5 Å². The lowest BCUT2D eigenvalue weighted by molar-refractivity contribution is 0.0953. The predicted molar refractivity (Wildman–Crippen MR) is 79.7 cm³/mol. The Morgan fingerprint density at radius 1 is 1.32 bits per heavy atom. The molecule has 0 aliphatic rings. The molecule has 1 amide bonds. The number of hydrogen-bond acceptors (Lipinski definition) is 3. The van der Waals surface area contributed by atoms with E-state index in [0.717, 1.165) is 37.4 Å². The minimum atomic E-state index is -0.0168. The largest absolute Gasteiger partial charge is 0.370 e. The zero-order valence-electron chi connectivity index (χ0n) is 12.4. The van der Waals surface area contributed by atoms with Crippen molar-refractivity contribution >= 4 is 11.7 Å². The number of hydrogen-bond donors (Lipinski definition) is 2. The van der Waals surface area contributed by atoms with Gasteiger partial charge in [-0.25, -0.2) is 4.98 Å². The van der Waals surface area contributed by atoms with E-state index in [1.807, 2.05) is 19.1 Å². The van der Waals surface area contributed by atoms with E-state index in [1.54, 1.807) is 0 Å². The lowest BCUT2D eigenvalue weighted by atomic mass is 10.1. The van der Waals surface area contributed by atoms with E-state index in [2.05, 4.69) is 36.4 Å². The summed E-state index contributed by atoms with van der Waals surface area (Å²) < 4.78 is 0. The highest BCUT2D eigenvalue weighted by Crippen LogP contribution is 2.17. The maximum atomic E-state index is 12.1. The summed E-state index contributed by atoms with van der Waals surface area (Å²) in [6.45, 7) is 9.81. The number of carbonyl (C=O) groups excluding carboxylic acids is 1. The molecule has 1 aromatic heterocycles. The number of unbranched alkanes of at least 4 members (excludes halogenated alkanes) is 1. The van der Waals surface area contributed by atoms with Gasteiger partial charge in [0, 0.05) is 24.3 Å². The SMILES string of the molecule is CCCCNC(=O)c1cc(NCC)nc(C(C)C)c1. The van der Waals surface area contributed by atoms with Crippen molar-refractivity contribution in [1.82, 2.24) is 10.3 Å². The van der Waals surface area contributed by atoms with Gasteiger partial charge in [0.1, 0.15) is 5.82 Å². The van der Waals surface area contributed by atoms with E-state index in [4.69, 9.17) is 0 Å². The second kappa shape index (κ2) is 7.77. The van der Waals surface area contributed by atoms with Crippen LogP contribution in [0, 0.1) is 0 Å². The molecule has 0 unspecified atom stereocenters. The number of anilines is 1. The van der Waals surface area contributed by atoms with E-state index >= 15 is 0 Å². The van der Waals surface area contributed by atoms with Gasteiger partial charge in [0.2, 0.25) is 0 Å². The third kappa shape index (κ3) is 4.89. The van der Waals surface area contributed by atoms with Gasteiger partial charge in [0.05, 0.1) is 0 Å². The molecule has 0 saturated carbocycles. The summed E-state index contributed by atoms with van der Waals surface area (Å²) in [5.74, 6) is 1.06. The van der Waals surface area contributed by atoms with Gasteiger partial charge in [0.25, 0.3) is 5.91 Å². The molecule has 0 spiro atoms. The van der Waals surface area contributed by atoms with Crippen LogP contribution in [0.2, 0.25) is 0 Å². The summed E-state index contributed by atoms with van der Waals surface area (Å²) in [7, 11) is 0. The molecule has 1 heterocycles. The summed E-state index contributed by atoms with van der Waals surface area (Å²) in [5.41, 5.74) is 1.63. The summed E-state index contributed by atoms with van der Waals surface area (Å²) in [6.07, 6.45) is 2.09. The first-order chi connectivity index (χ1) is 9.08. The molecule has 0 aliphatic carbocycles. The number of carbonyl (C=O) groups is 1. The number of nitrogens with zero attached hydrogens (tertiary/aromatic N) is 1. The van der Waals surface area contributed by atoms with Gasteiger partial charge >= 0.3 is 0 Å². The van der Waals surface area contributed by atoms with Gasteiger partial charge in [-0.2, -0.15) is 0 Å². The minimum absolute atomic E-state index is 0.0168. The molecule has 4 heteroatoms. The average Bonchev–Trinajstić information content (AvgIpc) is 2.39. The molecule has 106 valence electrons. The Balaban J connectivity index is 2.88. The first-order valence-corrected chi connectivity index (χ1v) is 7.12. The molecule has 1 rings (SSSR count). The Labute approximate surface area is 116 Å². The fourth-order valence-corrected chi connectivity index (χ4v) is 1.73. The van der Waals surface area contributed by atoms with Crippen LogP contribution in [0.1, 0.15) is 62.5 Å². The van der Waals surface area contributed by atoms with Crippen LogP contribution in [0.25, 0.3) is 0 Å². The highest BCUT2D eigenvalue weighted by molar-refractivity contribution is 5.95. The molecule has 0 bridgehead atoms. The van der Waals surface area contributed by atoms with E-state index < -0.39 is 0 Å². The maximum Gasteiger partial charge on any atom is 0.251 e. The van der Waals surface area contributed by atoms with Gasteiger partial charge in [-0.1, -0.05) is 27.2 Å². The third-order valence-electron chi connectivity index (χ3n) is 2.87. The first-order valence-electron chi connectivity index (χ1n) is 7.12. The third-order valence-corrected chi connectivity index (χ3v) is 2.87. The number of rotatable bonds is 7. The van der Waals surface area contributed by atoms with Crippen molar-refractivity contribution in [2.75, 3.05) is 18.4 Å². The van der Waals surface area contributed by atoms with Gasteiger partial charge < -0.3 is 10.6 Å². The molecular weight excluding hydrogens is 238 g/mol. The fraction of sp³-hybridized carbons (Fsp3) is 0.600. The molecule has 1 aromatic rings. The Morgan fingerprint density at radius 3 is 2.63 bits per heavy atom. The summed E-state index contributed by atoms with van der Waals surface area (Å²) >= 11 is 0. The van der Waals surface area contributed by atoms with Crippen LogP contribution in [0.15, 0.2) is 12.1 Å². The Kier molecular flexibility index (Phi) is 6.33. The molecule has 0 fully saturated rings. The number of amides is 1. The highest BCUT2D eigenvalue weighted by Gasteiger charge is 2.11. The zero-order valence-corrected chi connectivity index (χ0v) is 12.4. The lowest BCUT2D eigenvalue weighted by Gasteiger charge is -2.12. The molecule has 0 aliphatic heterocycles. The van der Waals surface area contributed by atoms with E-state index in [-0.39, 0.29) is 5.91 Å². The van der Waals surface area contributed by atoms with Crippen LogP contribution in [0.5, 0.6) is 0 Å². The normalized spacial score (nSPS) is 10.6. The van der Waals surface area contributed by atoms with Gasteiger partial charge in [-0.05, 0) is 31.4 Å². The van der Waals surface area contributed by atoms with Crippen molar-refractivity contribution in [3.8, 4) is 0 Å². The molecular formula is C15H25N3O. The summed E-state index contributed by atoms with van der Waals surface area (Å²) in [5, 5.41) is 6.12. The van der Waals surface area contributed by atoms with E-state index in [0.29, 0.717) is 11.5 Å². The molecule has 0 aromatic carbocycles. The maximum absolute atomic E-state index is 12.1. The van der Waals surface area contributed by atoms with Gasteiger partial charge in [0.15, 0.2) is 0 Å². The number of pyridine rings is 1. The zero-order chi connectivity index (χ0) is 14.3. The highest BCUT2D eigenvalue weighted by atomic mass is 16.1. The van der Waals surface area contributed by atoms with Crippen molar-refractivity contribution < 1.29 is 4.79 Å². The molecule has 0 atom stereocenters.